The van der Waals surface area contributed by atoms with Crippen LogP contribution in [0.3, 0.4) is 0 Å². The summed E-state index contributed by atoms with van der Waals surface area (Å²) in [5, 5.41) is 22.7. The molecule has 3 rings (SSSR count). The second-order valence-electron chi connectivity index (χ2n) is 5.04. The van der Waals surface area contributed by atoms with E-state index < -0.39 is 0 Å². The van der Waals surface area contributed by atoms with E-state index in [1.807, 2.05) is 30.5 Å². The third-order valence-electron chi connectivity index (χ3n) is 3.87. The van der Waals surface area contributed by atoms with Crippen LogP contribution >= 0.6 is 0 Å². The standard InChI is InChI=1S/C16H17NO2/c18-15-8-12-6-7-17-10-14(13(12)9-16(15)19)11-4-2-1-3-5-11/h1-9,12-14,17-19H,10H2. The predicted molar refractivity (Wildman–Crippen MR) is 74.7 cm³/mol. The molecule has 98 valence electrons. The molecule has 19 heavy (non-hydrogen) atoms. The minimum Gasteiger partial charge on any atom is -0.504 e. The minimum absolute atomic E-state index is 0.0162. The number of hydrogen-bond donors (Lipinski definition) is 3. The maximum absolute atomic E-state index is 9.77. The number of aliphatic hydroxyl groups is 2. The van der Waals surface area contributed by atoms with Crippen molar-refractivity contribution in [3.63, 3.8) is 0 Å². The smallest absolute Gasteiger partial charge is 0.153 e. The van der Waals surface area contributed by atoms with Crippen molar-refractivity contribution in [1.29, 1.82) is 0 Å². The summed E-state index contributed by atoms with van der Waals surface area (Å²) in [6, 6.07) is 10.3. The van der Waals surface area contributed by atoms with Crippen LogP contribution in [0.15, 0.2) is 66.3 Å². The van der Waals surface area contributed by atoms with Gasteiger partial charge in [0.1, 0.15) is 0 Å². The van der Waals surface area contributed by atoms with Crippen molar-refractivity contribution >= 4 is 0 Å². The van der Waals surface area contributed by atoms with Crippen LogP contribution in [-0.2, 0) is 0 Å². The van der Waals surface area contributed by atoms with Gasteiger partial charge in [-0.2, -0.15) is 0 Å². The zero-order chi connectivity index (χ0) is 13.2. The Morgan fingerprint density at radius 3 is 2.53 bits per heavy atom. The summed E-state index contributed by atoms with van der Waals surface area (Å²) >= 11 is 0. The monoisotopic (exact) mass is 255 g/mol. The summed E-state index contributed by atoms with van der Waals surface area (Å²) in [4.78, 5) is 0. The first-order valence-electron chi connectivity index (χ1n) is 6.52. The Bertz CT molecular complexity index is 545. The lowest BCUT2D eigenvalue weighted by Gasteiger charge is -2.29. The lowest BCUT2D eigenvalue weighted by molar-refractivity contribution is 0.297. The van der Waals surface area contributed by atoms with Crippen LogP contribution in [0, 0.1) is 11.8 Å². The number of benzene rings is 1. The molecule has 3 N–H and O–H groups in total. The van der Waals surface area contributed by atoms with E-state index in [-0.39, 0.29) is 29.3 Å². The van der Waals surface area contributed by atoms with Crippen LogP contribution in [0.1, 0.15) is 11.5 Å². The molecular weight excluding hydrogens is 238 g/mol. The molecule has 1 heterocycles. The maximum Gasteiger partial charge on any atom is 0.153 e. The van der Waals surface area contributed by atoms with Crippen LogP contribution in [0.25, 0.3) is 0 Å². The molecule has 2 aliphatic rings. The van der Waals surface area contributed by atoms with Crippen LogP contribution in [-0.4, -0.2) is 16.8 Å². The average molecular weight is 255 g/mol. The van der Waals surface area contributed by atoms with Crippen molar-refractivity contribution in [2.24, 2.45) is 11.8 Å². The quantitative estimate of drug-likeness (QED) is 0.723. The molecule has 1 aliphatic heterocycles. The van der Waals surface area contributed by atoms with Crippen molar-refractivity contribution in [1.82, 2.24) is 5.32 Å². The SMILES string of the molecule is OC1=CC2C=CNCC(c3ccccc3)C2C=C1O. The van der Waals surface area contributed by atoms with Crippen LogP contribution < -0.4 is 5.32 Å². The molecule has 1 aliphatic carbocycles. The van der Waals surface area contributed by atoms with E-state index in [2.05, 4.69) is 17.4 Å². The second-order valence-corrected chi connectivity index (χ2v) is 5.04. The lowest BCUT2D eigenvalue weighted by Crippen LogP contribution is -2.26. The molecule has 3 heteroatoms. The number of allylic oxidation sites excluding steroid dienone is 3. The zero-order valence-electron chi connectivity index (χ0n) is 10.5. The van der Waals surface area contributed by atoms with Crippen molar-refractivity contribution in [2.45, 2.75) is 5.92 Å². The summed E-state index contributed by atoms with van der Waals surface area (Å²) in [6.07, 6.45) is 7.46. The molecule has 1 aromatic carbocycles. The zero-order valence-corrected chi connectivity index (χ0v) is 10.5. The highest BCUT2D eigenvalue weighted by atomic mass is 16.3. The Labute approximate surface area is 112 Å². The Morgan fingerprint density at radius 2 is 1.74 bits per heavy atom. The van der Waals surface area contributed by atoms with Gasteiger partial charge in [0.05, 0.1) is 0 Å². The Balaban J connectivity index is 1.98. The van der Waals surface area contributed by atoms with Gasteiger partial charge in [-0.3, -0.25) is 0 Å². The summed E-state index contributed by atoms with van der Waals surface area (Å²) in [6.45, 7) is 0.820. The number of fused-ring (bicyclic) bond motifs is 1. The summed E-state index contributed by atoms with van der Waals surface area (Å²) in [7, 11) is 0. The fourth-order valence-corrected chi connectivity index (χ4v) is 2.88. The van der Waals surface area contributed by atoms with Gasteiger partial charge < -0.3 is 15.5 Å². The molecule has 1 aromatic rings. The highest BCUT2D eigenvalue weighted by molar-refractivity contribution is 5.33. The maximum atomic E-state index is 9.77. The molecule has 0 aromatic heterocycles. The highest BCUT2D eigenvalue weighted by Crippen LogP contribution is 2.38. The van der Waals surface area contributed by atoms with Gasteiger partial charge in [-0.05, 0) is 29.8 Å². The first kappa shape index (κ1) is 11.9. The van der Waals surface area contributed by atoms with Gasteiger partial charge in [0.2, 0.25) is 0 Å². The van der Waals surface area contributed by atoms with E-state index >= 15 is 0 Å². The van der Waals surface area contributed by atoms with Gasteiger partial charge in [-0.25, -0.2) is 0 Å². The molecule has 0 amide bonds. The summed E-state index contributed by atoms with van der Waals surface area (Å²) in [5.41, 5.74) is 1.24. The third-order valence-corrected chi connectivity index (χ3v) is 3.87. The van der Waals surface area contributed by atoms with E-state index in [1.54, 1.807) is 12.2 Å². The van der Waals surface area contributed by atoms with E-state index in [1.165, 1.54) is 5.56 Å². The van der Waals surface area contributed by atoms with Gasteiger partial charge in [0, 0.05) is 18.4 Å². The van der Waals surface area contributed by atoms with Gasteiger partial charge in [0.15, 0.2) is 11.5 Å². The number of rotatable bonds is 1. The molecule has 0 bridgehead atoms. The van der Waals surface area contributed by atoms with Crippen LogP contribution in [0.4, 0.5) is 0 Å². The molecule has 0 spiro atoms. The molecule has 0 saturated carbocycles. The van der Waals surface area contributed by atoms with Gasteiger partial charge >= 0.3 is 0 Å². The first-order chi connectivity index (χ1) is 9.25. The van der Waals surface area contributed by atoms with Crippen molar-refractivity contribution in [3.8, 4) is 0 Å². The summed E-state index contributed by atoms with van der Waals surface area (Å²) in [5.74, 6) is 0.491. The number of hydrogen-bond acceptors (Lipinski definition) is 3. The van der Waals surface area contributed by atoms with E-state index in [0.717, 1.165) is 6.54 Å². The van der Waals surface area contributed by atoms with E-state index in [9.17, 15) is 10.2 Å². The Morgan fingerprint density at radius 1 is 1.00 bits per heavy atom. The van der Waals surface area contributed by atoms with E-state index in [0.29, 0.717) is 0 Å². The third kappa shape index (κ3) is 2.24. The largest absolute Gasteiger partial charge is 0.504 e. The molecule has 3 unspecified atom stereocenters. The lowest BCUT2D eigenvalue weighted by atomic mass is 9.75. The highest BCUT2D eigenvalue weighted by Gasteiger charge is 2.32. The van der Waals surface area contributed by atoms with Crippen molar-refractivity contribution in [2.75, 3.05) is 6.54 Å². The average Bonchev–Trinajstić information content (AvgIpc) is 2.63. The van der Waals surface area contributed by atoms with Gasteiger partial charge in [0.25, 0.3) is 0 Å². The molecule has 0 fully saturated rings. The van der Waals surface area contributed by atoms with Gasteiger partial charge in [-0.1, -0.05) is 36.4 Å². The Hall–Kier alpha value is -2.16. The first-order valence-corrected chi connectivity index (χ1v) is 6.52. The predicted octanol–water partition coefficient (Wildman–Crippen LogP) is 3.02. The molecule has 3 nitrogen and oxygen atoms in total. The molecule has 0 saturated heterocycles. The fraction of sp³-hybridized carbons (Fsp3) is 0.250. The van der Waals surface area contributed by atoms with Crippen molar-refractivity contribution in [3.05, 3.63) is 71.8 Å². The minimum atomic E-state index is -0.0281. The molecular formula is C16H17NO2. The molecule has 0 radical (unpaired) electrons. The summed E-state index contributed by atoms with van der Waals surface area (Å²) < 4.78 is 0. The fourth-order valence-electron chi connectivity index (χ4n) is 2.88. The second kappa shape index (κ2) is 4.84. The van der Waals surface area contributed by atoms with Crippen molar-refractivity contribution < 1.29 is 10.2 Å². The van der Waals surface area contributed by atoms with E-state index in [4.69, 9.17) is 0 Å². The normalized spacial score (nSPS) is 29.6. The van der Waals surface area contributed by atoms with Crippen LogP contribution in [0.2, 0.25) is 0 Å². The van der Waals surface area contributed by atoms with Crippen LogP contribution in [0.5, 0.6) is 0 Å². The Kier molecular flexibility index (Phi) is 3.03. The topological polar surface area (TPSA) is 52.5 Å². The number of aliphatic hydroxyl groups excluding tert-OH is 2. The number of nitrogens with one attached hydrogen (secondary N) is 1. The molecule has 3 atom stereocenters. The van der Waals surface area contributed by atoms with Gasteiger partial charge in [-0.15, -0.1) is 0 Å².